The summed E-state index contributed by atoms with van der Waals surface area (Å²) in [6, 6.07) is 9.06. The SMILES string of the molecule is Cc1ccccc1CSC1CC(C)(C)CCC1N. The first kappa shape index (κ1) is 14.0. The topological polar surface area (TPSA) is 26.0 Å². The molecule has 1 fully saturated rings. The van der Waals surface area contributed by atoms with Crippen molar-refractivity contribution in [2.75, 3.05) is 0 Å². The molecule has 1 saturated carbocycles. The molecule has 100 valence electrons. The third-order valence-electron chi connectivity index (χ3n) is 4.10. The van der Waals surface area contributed by atoms with Crippen molar-refractivity contribution in [2.24, 2.45) is 11.1 Å². The Hall–Kier alpha value is -0.470. The van der Waals surface area contributed by atoms with Gasteiger partial charge in [0.25, 0.3) is 0 Å². The van der Waals surface area contributed by atoms with Crippen molar-refractivity contribution in [1.82, 2.24) is 0 Å². The standard InChI is InChI=1S/C16H25NS/c1-12-6-4-5-7-13(12)11-18-15-10-16(2,3)9-8-14(15)17/h4-7,14-15H,8-11,17H2,1-3H3. The molecule has 0 aromatic heterocycles. The molecule has 18 heavy (non-hydrogen) atoms. The van der Waals surface area contributed by atoms with Crippen molar-refractivity contribution < 1.29 is 0 Å². The molecule has 1 aliphatic carbocycles. The molecule has 1 nitrogen and oxygen atoms in total. The molecular formula is C16H25NS. The lowest BCUT2D eigenvalue weighted by molar-refractivity contribution is 0.232. The van der Waals surface area contributed by atoms with Crippen LogP contribution in [-0.2, 0) is 5.75 Å². The zero-order valence-corrected chi connectivity index (χ0v) is 12.6. The minimum absolute atomic E-state index is 0.382. The summed E-state index contributed by atoms with van der Waals surface area (Å²) in [5.41, 5.74) is 9.61. The second kappa shape index (κ2) is 5.66. The van der Waals surface area contributed by atoms with Gasteiger partial charge in [-0.1, -0.05) is 38.1 Å². The molecule has 0 spiro atoms. The van der Waals surface area contributed by atoms with Crippen molar-refractivity contribution >= 4 is 11.8 Å². The Kier molecular flexibility index (Phi) is 4.39. The molecule has 2 heteroatoms. The van der Waals surface area contributed by atoms with Gasteiger partial charge in [-0.2, -0.15) is 11.8 Å². The number of rotatable bonds is 3. The Morgan fingerprint density at radius 3 is 2.78 bits per heavy atom. The van der Waals surface area contributed by atoms with E-state index < -0.39 is 0 Å². The molecule has 0 heterocycles. The second-order valence-corrected chi connectivity index (χ2v) is 7.57. The number of hydrogen-bond acceptors (Lipinski definition) is 2. The van der Waals surface area contributed by atoms with Gasteiger partial charge in [0, 0.05) is 17.0 Å². The number of aryl methyl sites for hydroxylation is 1. The van der Waals surface area contributed by atoms with Gasteiger partial charge < -0.3 is 5.73 Å². The monoisotopic (exact) mass is 263 g/mol. The maximum atomic E-state index is 6.28. The normalized spacial score (nSPS) is 27.1. The van der Waals surface area contributed by atoms with Gasteiger partial charge in [-0.25, -0.2) is 0 Å². The van der Waals surface area contributed by atoms with E-state index in [1.165, 1.54) is 30.4 Å². The van der Waals surface area contributed by atoms with Crippen LogP contribution < -0.4 is 5.73 Å². The summed E-state index contributed by atoms with van der Waals surface area (Å²) in [7, 11) is 0. The Morgan fingerprint density at radius 1 is 1.33 bits per heavy atom. The summed E-state index contributed by atoms with van der Waals surface area (Å²) < 4.78 is 0. The van der Waals surface area contributed by atoms with E-state index in [4.69, 9.17) is 5.73 Å². The summed E-state index contributed by atoms with van der Waals surface area (Å²) in [4.78, 5) is 0. The third kappa shape index (κ3) is 3.52. The number of nitrogens with two attached hydrogens (primary N) is 1. The van der Waals surface area contributed by atoms with Crippen LogP contribution in [0.1, 0.15) is 44.2 Å². The summed E-state index contributed by atoms with van der Waals surface area (Å²) in [6.07, 6.45) is 3.71. The molecule has 2 unspecified atom stereocenters. The quantitative estimate of drug-likeness (QED) is 0.887. The van der Waals surface area contributed by atoms with E-state index in [-0.39, 0.29) is 0 Å². The minimum atomic E-state index is 0.382. The van der Waals surface area contributed by atoms with Gasteiger partial charge >= 0.3 is 0 Å². The molecule has 2 N–H and O–H groups in total. The van der Waals surface area contributed by atoms with Crippen LogP contribution in [0.25, 0.3) is 0 Å². The van der Waals surface area contributed by atoms with E-state index in [0.29, 0.717) is 16.7 Å². The zero-order chi connectivity index (χ0) is 13.2. The molecule has 0 bridgehead atoms. The first-order valence-corrected chi connectivity index (χ1v) is 7.94. The van der Waals surface area contributed by atoms with Gasteiger partial charge in [-0.15, -0.1) is 0 Å². The fraction of sp³-hybridized carbons (Fsp3) is 0.625. The van der Waals surface area contributed by atoms with Gasteiger partial charge in [-0.3, -0.25) is 0 Å². The third-order valence-corrected chi connectivity index (χ3v) is 5.52. The van der Waals surface area contributed by atoms with Gasteiger partial charge in [0.15, 0.2) is 0 Å². The average Bonchev–Trinajstić information content (AvgIpc) is 2.32. The van der Waals surface area contributed by atoms with Crippen LogP contribution in [0.2, 0.25) is 0 Å². The van der Waals surface area contributed by atoms with Crippen LogP contribution in [0.5, 0.6) is 0 Å². The number of thioether (sulfide) groups is 1. The maximum Gasteiger partial charge on any atom is 0.0207 e. The molecule has 1 aliphatic rings. The van der Waals surface area contributed by atoms with E-state index >= 15 is 0 Å². The second-order valence-electron chi connectivity index (χ2n) is 6.35. The molecule has 0 amide bonds. The zero-order valence-electron chi connectivity index (χ0n) is 11.8. The van der Waals surface area contributed by atoms with E-state index in [1.54, 1.807) is 0 Å². The molecule has 2 atom stereocenters. The van der Waals surface area contributed by atoms with Crippen molar-refractivity contribution in [3.63, 3.8) is 0 Å². The van der Waals surface area contributed by atoms with E-state index in [2.05, 4.69) is 56.8 Å². The average molecular weight is 263 g/mol. The minimum Gasteiger partial charge on any atom is -0.327 e. The largest absolute Gasteiger partial charge is 0.327 e. The van der Waals surface area contributed by atoms with Gasteiger partial charge in [-0.05, 0) is 42.7 Å². The van der Waals surface area contributed by atoms with Crippen LogP contribution in [0.4, 0.5) is 0 Å². The van der Waals surface area contributed by atoms with Crippen molar-refractivity contribution in [1.29, 1.82) is 0 Å². The van der Waals surface area contributed by atoms with Crippen LogP contribution in [-0.4, -0.2) is 11.3 Å². The van der Waals surface area contributed by atoms with Gasteiger partial charge in [0.1, 0.15) is 0 Å². The molecule has 0 aliphatic heterocycles. The summed E-state index contributed by atoms with van der Waals surface area (Å²) >= 11 is 2.05. The summed E-state index contributed by atoms with van der Waals surface area (Å²) in [6.45, 7) is 6.95. The highest BCUT2D eigenvalue weighted by molar-refractivity contribution is 7.99. The molecule has 1 aromatic carbocycles. The predicted octanol–water partition coefficient (Wildman–Crippen LogP) is 4.13. The van der Waals surface area contributed by atoms with E-state index in [9.17, 15) is 0 Å². The van der Waals surface area contributed by atoms with Gasteiger partial charge in [0.2, 0.25) is 0 Å². The lowest BCUT2D eigenvalue weighted by Crippen LogP contribution is -2.41. The molecule has 0 radical (unpaired) electrons. The van der Waals surface area contributed by atoms with E-state index in [0.717, 1.165) is 5.75 Å². The Bertz CT molecular complexity index is 400. The Morgan fingerprint density at radius 2 is 2.06 bits per heavy atom. The number of benzene rings is 1. The highest BCUT2D eigenvalue weighted by atomic mass is 32.2. The highest BCUT2D eigenvalue weighted by Gasteiger charge is 2.33. The lowest BCUT2D eigenvalue weighted by atomic mass is 9.75. The predicted molar refractivity (Wildman–Crippen MR) is 81.9 cm³/mol. The first-order valence-electron chi connectivity index (χ1n) is 6.90. The molecular weight excluding hydrogens is 238 g/mol. The highest BCUT2D eigenvalue weighted by Crippen LogP contribution is 2.40. The number of hydrogen-bond donors (Lipinski definition) is 1. The van der Waals surface area contributed by atoms with Crippen molar-refractivity contribution in [2.45, 2.75) is 57.1 Å². The smallest absolute Gasteiger partial charge is 0.0207 e. The summed E-state index contributed by atoms with van der Waals surface area (Å²) in [5.74, 6) is 1.10. The summed E-state index contributed by atoms with van der Waals surface area (Å²) in [5, 5.41) is 0.619. The van der Waals surface area contributed by atoms with Crippen LogP contribution in [0, 0.1) is 12.3 Å². The van der Waals surface area contributed by atoms with Gasteiger partial charge in [0.05, 0.1) is 0 Å². The van der Waals surface area contributed by atoms with Crippen LogP contribution >= 0.6 is 11.8 Å². The molecule has 2 rings (SSSR count). The Labute approximate surface area is 116 Å². The van der Waals surface area contributed by atoms with E-state index in [1.807, 2.05) is 0 Å². The molecule has 1 aromatic rings. The first-order chi connectivity index (χ1) is 8.48. The van der Waals surface area contributed by atoms with Crippen LogP contribution in [0.3, 0.4) is 0 Å². The fourth-order valence-corrected chi connectivity index (χ4v) is 4.36. The fourth-order valence-electron chi connectivity index (χ4n) is 2.69. The van der Waals surface area contributed by atoms with Crippen molar-refractivity contribution in [3.05, 3.63) is 35.4 Å². The van der Waals surface area contributed by atoms with Crippen molar-refractivity contribution in [3.8, 4) is 0 Å². The maximum absolute atomic E-state index is 6.28. The Balaban J connectivity index is 1.95. The van der Waals surface area contributed by atoms with Crippen LogP contribution in [0.15, 0.2) is 24.3 Å². The molecule has 0 saturated heterocycles. The lowest BCUT2D eigenvalue weighted by Gasteiger charge is -2.39.